The molecule has 3 rings (SSSR count). The van der Waals surface area contributed by atoms with Crippen LogP contribution in [-0.2, 0) is 22.5 Å². The maximum Gasteiger partial charge on any atom is 0.268 e. The van der Waals surface area contributed by atoms with E-state index in [-0.39, 0.29) is 16.2 Å². The van der Waals surface area contributed by atoms with Crippen molar-refractivity contribution in [3.05, 3.63) is 47.8 Å². The molecule has 0 unspecified atom stereocenters. The summed E-state index contributed by atoms with van der Waals surface area (Å²) in [6.07, 6.45) is 3.24. The molecule has 8 heteroatoms. The van der Waals surface area contributed by atoms with E-state index >= 15 is 0 Å². The highest BCUT2D eigenvalue weighted by Crippen LogP contribution is 2.24. The Labute approximate surface area is 179 Å². The first-order valence-electron chi connectivity index (χ1n) is 10.3. The number of benzene rings is 1. The number of nitrogens with one attached hydrogen (secondary N) is 1. The zero-order valence-electron chi connectivity index (χ0n) is 18.1. The van der Waals surface area contributed by atoms with E-state index in [4.69, 9.17) is 4.74 Å². The molecular weight excluding hydrogens is 402 g/mol. The Bertz CT molecular complexity index is 982. The second kappa shape index (κ2) is 8.81. The third-order valence-corrected chi connectivity index (χ3v) is 7.16. The van der Waals surface area contributed by atoms with Crippen LogP contribution in [0.3, 0.4) is 0 Å². The van der Waals surface area contributed by atoms with Crippen molar-refractivity contribution in [2.75, 3.05) is 26.2 Å². The molecule has 0 bridgehead atoms. The Morgan fingerprint density at radius 1 is 1.13 bits per heavy atom. The maximum absolute atomic E-state index is 12.7. The van der Waals surface area contributed by atoms with Crippen LogP contribution < -0.4 is 10.1 Å². The van der Waals surface area contributed by atoms with Crippen LogP contribution in [0.25, 0.3) is 0 Å². The van der Waals surface area contributed by atoms with E-state index in [2.05, 4.69) is 26.1 Å². The smallest absolute Gasteiger partial charge is 0.268 e. The summed E-state index contributed by atoms with van der Waals surface area (Å²) in [5, 5.41) is 2.79. The summed E-state index contributed by atoms with van der Waals surface area (Å²) in [6, 6.07) is 9.37. The largest absolute Gasteiger partial charge is 0.492 e. The van der Waals surface area contributed by atoms with Gasteiger partial charge in [0.15, 0.2) is 0 Å². The fraction of sp³-hybridized carbons (Fsp3) is 0.500. The summed E-state index contributed by atoms with van der Waals surface area (Å²) in [4.78, 5) is 12.7. The van der Waals surface area contributed by atoms with Gasteiger partial charge in [0, 0.05) is 26.3 Å². The van der Waals surface area contributed by atoms with Gasteiger partial charge in [-0.15, -0.1) is 0 Å². The van der Waals surface area contributed by atoms with Crippen LogP contribution in [-0.4, -0.2) is 49.4 Å². The number of aromatic nitrogens is 1. The van der Waals surface area contributed by atoms with Gasteiger partial charge >= 0.3 is 0 Å². The van der Waals surface area contributed by atoms with Crippen molar-refractivity contribution in [3.63, 3.8) is 0 Å². The number of nitrogens with zero attached hydrogens (tertiary/aromatic N) is 2. The summed E-state index contributed by atoms with van der Waals surface area (Å²) >= 11 is 0. The monoisotopic (exact) mass is 433 g/mol. The molecule has 0 spiro atoms. The highest BCUT2D eigenvalue weighted by atomic mass is 32.2. The molecule has 0 radical (unpaired) electrons. The molecule has 2 aromatic rings. The van der Waals surface area contributed by atoms with Crippen molar-refractivity contribution in [1.29, 1.82) is 0 Å². The van der Waals surface area contributed by atoms with Crippen LogP contribution in [0.4, 0.5) is 0 Å². The average Bonchev–Trinajstić information content (AvgIpc) is 3.35. The minimum atomic E-state index is -3.54. The predicted octanol–water partition coefficient (Wildman–Crippen LogP) is 2.92. The predicted molar refractivity (Wildman–Crippen MR) is 116 cm³/mol. The van der Waals surface area contributed by atoms with Crippen molar-refractivity contribution >= 4 is 15.9 Å². The third kappa shape index (κ3) is 5.05. The van der Waals surface area contributed by atoms with E-state index in [0.29, 0.717) is 31.9 Å². The van der Waals surface area contributed by atoms with Crippen molar-refractivity contribution in [1.82, 2.24) is 14.2 Å². The minimum Gasteiger partial charge on any atom is -0.492 e. The molecule has 1 saturated heterocycles. The van der Waals surface area contributed by atoms with Crippen molar-refractivity contribution in [3.8, 4) is 5.75 Å². The van der Waals surface area contributed by atoms with E-state index in [1.54, 1.807) is 11.6 Å². The molecule has 1 aromatic heterocycles. The zero-order valence-corrected chi connectivity index (χ0v) is 19.0. The molecule has 0 aliphatic carbocycles. The van der Waals surface area contributed by atoms with Gasteiger partial charge in [0.25, 0.3) is 5.91 Å². The van der Waals surface area contributed by atoms with Crippen molar-refractivity contribution < 1.29 is 17.9 Å². The molecule has 1 N–H and O–H groups in total. The van der Waals surface area contributed by atoms with Gasteiger partial charge in [0.1, 0.15) is 22.9 Å². The van der Waals surface area contributed by atoms with E-state index < -0.39 is 10.0 Å². The number of hydrogen-bond acceptors (Lipinski definition) is 4. The normalized spacial score (nSPS) is 15.3. The lowest BCUT2D eigenvalue weighted by molar-refractivity contribution is 0.0939. The van der Waals surface area contributed by atoms with Crippen LogP contribution in [0.1, 0.15) is 49.7 Å². The van der Waals surface area contributed by atoms with Crippen LogP contribution in [0.15, 0.2) is 41.4 Å². The molecule has 1 aliphatic rings. The fourth-order valence-electron chi connectivity index (χ4n) is 3.45. The molecule has 1 aliphatic heterocycles. The maximum atomic E-state index is 12.7. The number of carbonyl (C=O) groups excluding carboxylic acids is 1. The summed E-state index contributed by atoms with van der Waals surface area (Å²) in [7, 11) is -1.87. The number of sulfonamides is 1. The van der Waals surface area contributed by atoms with Gasteiger partial charge in [-0.25, -0.2) is 8.42 Å². The van der Waals surface area contributed by atoms with Gasteiger partial charge in [0.2, 0.25) is 10.0 Å². The Morgan fingerprint density at radius 3 is 2.37 bits per heavy atom. The number of ether oxygens (including phenoxy) is 1. The summed E-state index contributed by atoms with van der Waals surface area (Å²) < 4.78 is 34.1. The third-order valence-electron chi connectivity index (χ3n) is 5.29. The van der Waals surface area contributed by atoms with Crippen LogP contribution in [0.5, 0.6) is 5.75 Å². The lowest BCUT2D eigenvalue weighted by Gasteiger charge is -2.19. The second-order valence-electron chi connectivity index (χ2n) is 8.66. The van der Waals surface area contributed by atoms with E-state index in [0.717, 1.165) is 18.6 Å². The second-order valence-corrected chi connectivity index (χ2v) is 10.6. The molecule has 164 valence electrons. The SMILES string of the molecule is Cn1cc(S(=O)(=O)N2CCCC2)cc1C(=O)NCCOc1ccc(C(C)(C)C)cc1. The standard InChI is InChI=1S/C22H31N3O4S/c1-22(2,3)17-7-9-18(10-8-17)29-14-11-23-21(26)20-15-19(16-24(20)4)30(27,28)25-12-5-6-13-25/h7-10,15-16H,5-6,11-14H2,1-4H3,(H,23,26). The minimum absolute atomic E-state index is 0.0860. The lowest BCUT2D eigenvalue weighted by Crippen LogP contribution is -2.29. The Balaban J connectivity index is 1.53. The highest BCUT2D eigenvalue weighted by Gasteiger charge is 2.29. The molecule has 0 atom stereocenters. The van der Waals surface area contributed by atoms with Crippen LogP contribution in [0.2, 0.25) is 0 Å². The van der Waals surface area contributed by atoms with Gasteiger partial charge in [-0.1, -0.05) is 32.9 Å². The first-order chi connectivity index (χ1) is 14.1. The molecule has 1 amide bonds. The molecule has 7 nitrogen and oxygen atoms in total. The topological polar surface area (TPSA) is 80.6 Å². The van der Waals surface area contributed by atoms with E-state index in [9.17, 15) is 13.2 Å². The number of rotatable bonds is 7. The molecule has 30 heavy (non-hydrogen) atoms. The van der Waals surface area contributed by atoms with Gasteiger partial charge in [-0.05, 0) is 42.0 Å². The summed E-state index contributed by atoms with van der Waals surface area (Å²) in [5.74, 6) is 0.419. The first-order valence-corrected chi connectivity index (χ1v) is 11.7. The van der Waals surface area contributed by atoms with Crippen molar-refractivity contribution in [2.45, 2.75) is 43.9 Å². The molecule has 1 fully saturated rings. The average molecular weight is 434 g/mol. The quantitative estimate of drug-likeness (QED) is 0.681. The van der Waals surface area contributed by atoms with Gasteiger partial charge in [-0.3, -0.25) is 4.79 Å². The van der Waals surface area contributed by atoms with Gasteiger partial charge < -0.3 is 14.6 Å². The number of aryl methyl sites for hydroxylation is 1. The molecular formula is C22H31N3O4S. The number of amides is 1. The van der Waals surface area contributed by atoms with Crippen LogP contribution >= 0.6 is 0 Å². The fourth-order valence-corrected chi connectivity index (χ4v) is 5.04. The van der Waals surface area contributed by atoms with Gasteiger partial charge in [-0.2, -0.15) is 4.31 Å². The molecule has 0 saturated carbocycles. The van der Waals surface area contributed by atoms with Gasteiger partial charge in [0.05, 0.1) is 6.54 Å². The lowest BCUT2D eigenvalue weighted by atomic mass is 9.87. The Hall–Kier alpha value is -2.32. The highest BCUT2D eigenvalue weighted by molar-refractivity contribution is 7.89. The van der Waals surface area contributed by atoms with Crippen LogP contribution in [0, 0.1) is 0 Å². The summed E-state index contributed by atoms with van der Waals surface area (Å²) in [6.45, 7) is 8.18. The van der Waals surface area contributed by atoms with Crippen molar-refractivity contribution in [2.24, 2.45) is 7.05 Å². The van der Waals surface area contributed by atoms with E-state index in [1.165, 1.54) is 22.1 Å². The zero-order chi connectivity index (χ0) is 21.9. The Kier molecular flexibility index (Phi) is 6.57. The molecule has 2 heterocycles. The molecule has 1 aromatic carbocycles. The first kappa shape index (κ1) is 22.4. The summed E-state index contributed by atoms with van der Waals surface area (Å²) in [5.41, 5.74) is 1.62. The Morgan fingerprint density at radius 2 is 1.77 bits per heavy atom. The number of carbonyl (C=O) groups is 1. The van der Waals surface area contributed by atoms with E-state index in [1.807, 2.05) is 24.3 Å². The number of hydrogen-bond donors (Lipinski definition) is 1.